The number of allylic oxidation sites excluding steroid dienone is 1. The van der Waals surface area contributed by atoms with Crippen molar-refractivity contribution in [2.24, 2.45) is 4.99 Å². The topological polar surface area (TPSA) is 24.8 Å². The molecule has 3 nitrogen and oxygen atoms in total. The van der Waals surface area contributed by atoms with Gasteiger partial charge in [-0.25, -0.2) is 0 Å². The van der Waals surface area contributed by atoms with Crippen molar-refractivity contribution in [3.63, 3.8) is 0 Å². The first-order valence-electron chi connectivity index (χ1n) is 9.97. The van der Waals surface area contributed by atoms with Crippen molar-refractivity contribution in [3.8, 4) is 11.5 Å². The molecular formula is C26H25ClN2O. The Hall–Kier alpha value is -3.04. The highest BCUT2D eigenvalue weighted by atomic mass is 35.5. The molecule has 0 aromatic heterocycles. The minimum absolute atomic E-state index is 0.0155. The zero-order chi connectivity index (χ0) is 21.3. The first kappa shape index (κ1) is 20.2. The van der Waals surface area contributed by atoms with Crippen molar-refractivity contribution in [2.45, 2.75) is 26.3 Å². The van der Waals surface area contributed by atoms with E-state index < -0.39 is 0 Å². The van der Waals surface area contributed by atoms with Gasteiger partial charge in [0.25, 0.3) is 0 Å². The maximum atomic E-state index is 6.01. The van der Waals surface area contributed by atoms with E-state index >= 15 is 0 Å². The largest absolute Gasteiger partial charge is 0.457 e. The molecule has 0 saturated heterocycles. The fourth-order valence-corrected chi connectivity index (χ4v) is 3.85. The van der Waals surface area contributed by atoms with Crippen LogP contribution in [-0.2, 0) is 0 Å². The molecule has 152 valence electrons. The summed E-state index contributed by atoms with van der Waals surface area (Å²) in [5.74, 6) is 1.46. The van der Waals surface area contributed by atoms with E-state index in [9.17, 15) is 0 Å². The van der Waals surface area contributed by atoms with Gasteiger partial charge in [0.1, 0.15) is 11.5 Å². The predicted molar refractivity (Wildman–Crippen MR) is 128 cm³/mol. The highest BCUT2D eigenvalue weighted by Gasteiger charge is 2.28. The molecule has 3 aromatic rings. The number of fused-ring (bicyclic) bond motifs is 1. The van der Waals surface area contributed by atoms with E-state index in [0.29, 0.717) is 10.8 Å². The number of ether oxygens (including phenoxy) is 1. The maximum absolute atomic E-state index is 6.01. The molecule has 0 radical (unpaired) electrons. The number of halogens is 1. The lowest BCUT2D eigenvalue weighted by molar-refractivity contribution is 0.483. The van der Waals surface area contributed by atoms with Gasteiger partial charge in [0.15, 0.2) is 0 Å². The molecule has 4 rings (SSSR count). The predicted octanol–water partition coefficient (Wildman–Crippen LogP) is 7.51. The second-order valence-corrected chi connectivity index (χ2v) is 8.56. The van der Waals surface area contributed by atoms with E-state index in [1.54, 1.807) is 6.07 Å². The van der Waals surface area contributed by atoms with Gasteiger partial charge >= 0.3 is 0 Å². The molecule has 3 aromatic carbocycles. The minimum atomic E-state index is 0.0155. The summed E-state index contributed by atoms with van der Waals surface area (Å²) in [5.41, 5.74) is 5.77. The number of hydrogen-bond acceptors (Lipinski definition) is 3. The maximum Gasteiger partial charge on any atom is 0.128 e. The molecule has 0 amide bonds. The van der Waals surface area contributed by atoms with Crippen LogP contribution in [0, 0.1) is 0 Å². The summed E-state index contributed by atoms with van der Waals surface area (Å²) in [7, 11) is 2.14. The van der Waals surface area contributed by atoms with Crippen LogP contribution in [0.2, 0.25) is 5.02 Å². The van der Waals surface area contributed by atoms with Gasteiger partial charge in [-0.2, -0.15) is 0 Å². The lowest BCUT2D eigenvalue weighted by Crippen LogP contribution is -2.42. The molecule has 4 heteroatoms. The van der Waals surface area contributed by atoms with Crippen LogP contribution >= 0.6 is 11.6 Å². The summed E-state index contributed by atoms with van der Waals surface area (Å²) in [5, 5.41) is 0.651. The molecule has 0 spiro atoms. The molecule has 0 bridgehead atoms. The van der Waals surface area contributed by atoms with Crippen LogP contribution in [-0.4, -0.2) is 18.8 Å². The summed E-state index contributed by atoms with van der Waals surface area (Å²) in [4.78, 5) is 6.94. The van der Waals surface area contributed by atoms with Gasteiger partial charge in [-0.1, -0.05) is 29.8 Å². The Morgan fingerprint density at radius 1 is 0.967 bits per heavy atom. The summed E-state index contributed by atoms with van der Waals surface area (Å²) < 4.78 is 5.83. The second kappa shape index (κ2) is 8.00. The van der Waals surface area contributed by atoms with Crippen LogP contribution in [0.5, 0.6) is 11.5 Å². The minimum Gasteiger partial charge on any atom is -0.457 e. The standard InChI is InChI=1S/C26H25ClN2O/c1-18-16-26(2,3)29(4)25-13-8-19(14-24(18)25)17-28-21-9-11-22(12-10-21)30-23-7-5-6-20(27)15-23/h5-17H,1-4H3. The van der Waals surface area contributed by atoms with Crippen molar-refractivity contribution < 1.29 is 4.74 Å². The van der Waals surface area contributed by atoms with Crippen LogP contribution in [0.4, 0.5) is 11.4 Å². The van der Waals surface area contributed by atoms with E-state index in [4.69, 9.17) is 16.3 Å². The lowest BCUT2D eigenvalue weighted by atomic mass is 9.89. The zero-order valence-corrected chi connectivity index (χ0v) is 18.4. The average Bonchev–Trinajstić information content (AvgIpc) is 2.71. The first-order valence-corrected chi connectivity index (χ1v) is 10.3. The summed E-state index contributed by atoms with van der Waals surface area (Å²) >= 11 is 6.01. The Morgan fingerprint density at radius 2 is 1.73 bits per heavy atom. The zero-order valence-electron chi connectivity index (χ0n) is 17.7. The van der Waals surface area contributed by atoms with Crippen molar-refractivity contribution >= 4 is 34.8 Å². The van der Waals surface area contributed by atoms with Crippen molar-refractivity contribution in [3.05, 3.63) is 89.0 Å². The molecule has 1 aliphatic heterocycles. The third-order valence-electron chi connectivity index (χ3n) is 5.47. The number of likely N-dealkylation sites (N-methyl/N-ethyl adjacent to an activating group) is 1. The van der Waals surface area contributed by atoms with Crippen molar-refractivity contribution in [1.29, 1.82) is 0 Å². The second-order valence-electron chi connectivity index (χ2n) is 8.13. The van der Waals surface area contributed by atoms with Crippen LogP contribution in [0.25, 0.3) is 5.57 Å². The van der Waals surface area contributed by atoms with E-state index in [-0.39, 0.29) is 5.54 Å². The normalized spacial score (nSPS) is 15.1. The van der Waals surface area contributed by atoms with Gasteiger partial charge in [0.2, 0.25) is 0 Å². The molecule has 30 heavy (non-hydrogen) atoms. The van der Waals surface area contributed by atoms with Crippen LogP contribution < -0.4 is 9.64 Å². The fourth-order valence-electron chi connectivity index (χ4n) is 3.67. The third kappa shape index (κ3) is 4.27. The smallest absolute Gasteiger partial charge is 0.128 e. The Bertz CT molecular complexity index is 1130. The number of anilines is 1. The van der Waals surface area contributed by atoms with Gasteiger partial charge in [0, 0.05) is 29.5 Å². The summed E-state index contributed by atoms with van der Waals surface area (Å²) in [6.07, 6.45) is 4.22. The first-order chi connectivity index (χ1) is 14.3. The quantitative estimate of drug-likeness (QED) is 0.411. The van der Waals surface area contributed by atoms with Gasteiger partial charge in [0.05, 0.1) is 11.2 Å². The molecule has 1 aliphatic rings. The number of benzene rings is 3. The van der Waals surface area contributed by atoms with E-state index in [1.165, 1.54) is 16.8 Å². The highest BCUT2D eigenvalue weighted by molar-refractivity contribution is 6.30. The number of rotatable bonds is 4. The van der Waals surface area contributed by atoms with E-state index in [0.717, 1.165) is 17.0 Å². The molecule has 0 atom stereocenters. The Kier molecular flexibility index (Phi) is 5.40. The van der Waals surface area contributed by atoms with Crippen molar-refractivity contribution in [1.82, 2.24) is 0 Å². The molecular weight excluding hydrogens is 392 g/mol. The van der Waals surface area contributed by atoms with E-state index in [1.807, 2.05) is 48.7 Å². The average molecular weight is 417 g/mol. The summed E-state index contributed by atoms with van der Waals surface area (Å²) in [6, 6.07) is 21.5. The van der Waals surface area contributed by atoms with Gasteiger partial charge in [-0.3, -0.25) is 4.99 Å². The van der Waals surface area contributed by atoms with Crippen LogP contribution in [0.1, 0.15) is 31.9 Å². The lowest BCUT2D eigenvalue weighted by Gasteiger charge is -2.40. The highest BCUT2D eigenvalue weighted by Crippen LogP contribution is 2.38. The molecule has 0 aliphatic carbocycles. The molecule has 1 heterocycles. The van der Waals surface area contributed by atoms with Crippen LogP contribution in [0.3, 0.4) is 0 Å². The Labute approximate surface area is 183 Å². The van der Waals surface area contributed by atoms with Crippen molar-refractivity contribution in [2.75, 3.05) is 11.9 Å². The monoisotopic (exact) mass is 416 g/mol. The summed E-state index contributed by atoms with van der Waals surface area (Å²) in [6.45, 7) is 6.64. The molecule has 0 fully saturated rings. The number of aliphatic imine (C=N–C) groups is 1. The Balaban J connectivity index is 1.50. The van der Waals surface area contributed by atoms with E-state index in [2.05, 4.69) is 62.0 Å². The van der Waals surface area contributed by atoms with Crippen LogP contribution in [0.15, 0.2) is 77.8 Å². The SMILES string of the molecule is CC1=CC(C)(C)N(C)c2ccc(C=Nc3ccc(Oc4cccc(Cl)c4)cc3)cc21. The Morgan fingerprint density at radius 3 is 2.47 bits per heavy atom. The number of hydrogen-bond donors (Lipinski definition) is 0. The molecule has 0 saturated carbocycles. The number of nitrogens with zero attached hydrogens (tertiary/aromatic N) is 2. The molecule has 0 N–H and O–H groups in total. The third-order valence-corrected chi connectivity index (χ3v) is 5.71. The van der Waals surface area contributed by atoms with Gasteiger partial charge < -0.3 is 9.64 Å². The molecule has 0 unspecified atom stereocenters. The van der Waals surface area contributed by atoms with Gasteiger partial charge in [-0.15, -0.1) is 0 Å². The van der Waals surface area contributed by atoms with Gasteiger partial charge in [-0.05, 0) is 86.5 Å². The fraction of sp³-hybridized carbons (Fsp3) is 0.192.